The Labute approximate surface area is 180 Å². The van der Waals surface area contributed by atoms with Gasteiger partial charge in [-0.15, -0.1) is 0 Å². The summed E-state index contributed by atoms with van der Waals surface area (Å²) in [6.45, 7) is 4.16. The van der Waals surface area contributed by atoms with Gasteiger partial charge in [-0.2, -0.15) is 0 Å². The fraction of sp³-hybridized carbons (Fsp3) is 0.680. The average molecular weight is 413 g/mol. The number of likely N-dealkylation sites (tertiary alicyclic amines) is 1. The Bertz CT molecular complexity index is 742. The number of ketones is 1. The lowest BCUT2D eigenvalue weighted by molar-refractivity contribution is -0.134. The van der Waals surface area contributed by atoms with Gasteiger partial charge in [0.2, 0.25) is 5.91 Å². The monoisotopic (exact) mass is 412 g/mol. The van der Waals surface area contributed by atoms with E-state index in [0.29, 0.717) is 18.1 Å². The van der Waals surface area contributed by atoms with Crippen molar-refractivity contribution >= 4 is 11.7 Å². The number of carbonyl (C=O) groups excluding carboxylic acids is 2. The third kappa shape index (κ3) is 5.12. The second kappa shape index (κ2) is 9.19. The minimum absolute atomic E-state index is 0.0378. The van der Waals surface area contributed by atoms with E-state index in [1.54, 1.807) is 6.92 Å². The van der Waals surface area contributed by atoms with Crippen molar-refractivity contribution < 1.29 is 14.7 Å². The molecule has 4 atom stereocenters. The summed E-state index contributed by atoms with van der Waals surface area (Å²) in [6, 6.07) is 10.5. The number of fused-ring (bicyclic) bond motifs is 1. The molecule has 2 N–H and O–H groups in total. The number of nitrogens with zero attached hydrogens (tertiary/aromatic N) is 1. The molecule has 0 aromatic heterocycles. The molecule has 0 radical (unpaired) electrons. The van der Waals surface area contributed by atoms with Gasteiger partial charge in [0.05, 0.1) is 5.60 Å². The van der Waals surface area contributed by atoms with Crippen LogP contribution in [0.15, 0.2) is 30.3 Å². The van der Waals surface area contributed by atoms with E-state index < -0.39 is 5.60 Å². The van der Waals surface area contributed by atoms with Crippen LogP contribution in [-0.2, 0) is 16.0 Å². The number of benzene rings is 1. The molecule has 164 valence electrons. The van der Waals surface area contributed by atoms with Gasteiger partial charge < -0.3 is 15.3 Å². The summed E-state index contributed by atoms with van der Waals surface area (Å²) in [5, 5.41) is 14.1. The second-order valence-corrected chi connectivity index (χ2v) is 9.94. The van der Waals surface area contributed by atoms with E-state index in [1.165, 1.54) is 5.56 Å². The zero-order valence-corrected chi connectivity index (χ0v) is 18.2. The molecule has 4 rings (SSSR count). The first-order chi connectivity index (χ1) is 14.4. The van der Waals surface area contributed by atoms with Crippen molar-refractivity contribution in [3.63, 3.8) is 0 Å². The van der Waals surface area contributed by atoms with Gasteiger partial charge in [0, 0.05) is 50.9 Å². The number of aliphatic hydroxyl groups is 1. The van der Waals surface area contributed by atoms with Crippen LogP contribution in [0.5, 0.6) is 0 Å². The summed E-state index contributed by atoms with van der Waals surface area (Å²) in [7, 11) is 0. The van der Waals surface area contributed by atoms with Gasteiger partial charge in [0.15, 0.2) is 0 Å². The van der Waals surface area contributed by atoms with E-state index in [1.807, 2.05) is 18.2 Å². The van der Waals surface area contributed by atoms with Crippen LogP contribution >= 0.6 is 0 Å². The molecule has 5 heteroatoms. The zero-order chi connectivity index (χ0) is 21.1. The maximum absolute atomic E-state index is 13.2. The summed E-state index contributed by atoms with van der Waals surface area (Å²) in [5.41, 5.74) is 0.568. The Balaban J connectivity index is 1.26. The van der Waals surface area contributed by atoms with Crippen LogP contribution < -0.4 is 5.32 Å². The van der Waals surface area contributed by atoms with Crippen molar-refractivity contribution in [2.24, 2.45) is 17.8 Å². The van der Waals surface area contributed by atoms with E-state index in [0.717, 1.165) is 64.6 Å². The molecule has 3 fully saturated rings. The summed E-state index contributed by atoms with van der Waals surface area (Å²) < 4.78 is 0. The molecule has 2 aliphatic carbocycles. The van der Waals surface area contributed by atoms with Crippen LogP contribution in [0.4, 0.5) is 0 Å². The van der Waals surface area contributed by atoms with E-state index in [4.69, 9.17) is 0 Å². The number of Topliss-reactive ketones (excluding diaryl/α,β-unsaturated/α-hetero) is 1. The molecule has 0 bridgehead atoms. The fourth-order valence-electron chi connectivity index (χ4n) is 6.03. The van der Waals surface area contributed by atoms with Gasteiger partial charge in [0.1, 0.15) is 5.78 Å². The van der Waals surface area contributed by atoms with E-state index in [9.17, 15) is 14.7 Å². The molecule has 1 heterocycles. The first kappa shape index (κ1) is 21.5. The van der Waals surface area contributed by atoms with Crippen molar-refractivity contribution in [3.05, 3.63) is 35.9 Å². The Kier molecular flexibility index (Phi) is 6.59. The molecule has 1 aromatic carbocycles. The number of rotatable bonds is 5. The zero-order valence-electron chi connectivity index (χ0n) is 18.2. The number of piperidine rings is 1. The highest BCUT2D eigenvalue weighted by Crippen LogP contribution is 2.41. The third-order valence-electron chi connectivity index (χ3n) is 7.68. The Morgan fingerprint density at radius 2 is 1.87 bits per heavy atom. The summed E-state index contributed by atoms with van der Waals surface area (Å²) in [6.07, 6.45) is 7.13. The molecule has 0 spiro atoms. The average Bonchev–Trinajstić information content (AvgIpc) is 2.72. The highest BCUT2D eigenvalue weighted by Gasteiger charge is 2.42. The highest BCUT2D eigenvalue weighted by atomic mass is 16.3. The quantitative estimate of drug-likeness (QED) is 0.780. The van der Waals surface area contributed by atoms with Crippen molar-refractivity contribution in [2.75, 3.05) is 19.6 Å². The topological polar surface area (TPSA) is 69.6 Å². The lowest BCUT2D eigenvalue weighted by Gasteiger charge is -2.43. The predicted molar refractivity (Wildman–Crippen MR) is 117 cm³/mol. The Morgan fingerprint density at radius 1 is 1.13 bits per heavy atom. The van der Waals surface area contributed by atoms with E-state index in [-0.39, 0.29) is 23.8 Å². The van der Waals surface area contributed by atoms with E-state index in [2.05, 4.69) is 22.3 Å². The largest absolute Gasteiger partial charge is 0.389 e. The van der Waals surface area contributed by atoms with Crippen LogP contribution in [0.2, 0.25) is 0 Å². The molecule has 1 aliphatic heterocycles. The molecule has 5 nitrogen and oxygen atoms in total. The standard InChI is InChI=1S/C25H36N2O3/c1-18(28)26-22-9-10-23-20(15-22)7-8-21(24(23)29)17-27-13-11-25(30,12-14-27)16-19-5-3-2-4-6-19/h2-6,20-23,30H,7-17H2,1H3,(H,26,28). The van der Waals surface area contributed by atoms with Crippen LogP contribution in [0.3, 0.4) is 0 Å². The van der Waals surface area contributed by atoms with E-state index >= 15 is 0 Å². The number of hydrogen-bond acceptors (Lipinski definition) is 4. The molecular formula is C25H36N2O3. The second-order valence-electron chi connectivity index (χ2n) is 9.94. The molecule has 1 aromatic rings. The lowest BCUT2D eigenvalue weighted by atomic mass is 9.65. The lowest BCUT2D eigenvalue weighted by Crippen LogP contribution is -2.50. The number of nitrogens with one attached hydrogen (secondary N) is 1. The van der Waals surface area contributed by atoms with Crippen molar-refractivity contribution in [2.45, 2.75) is 69.9 Å². The maximum Gasteiger partial charge on any atom is 0.217 e. The summed E-state index contributed by atoms with van der Waals surface area (Å²) in [4.78, 5) is 26.9. The summed E-state index contributed by atoms with van der Waals surface area (Å²) >= 11 is 0. The van der Waals surface area contributed by atoms with Gasteiger partial charge in [-0.05, 0) is 56.4 Å². The number of carbonyl (C=O) groups is 2. The van der Waals surface area contributed by atoms with Gasteiger partial charge in [-0.3, -0.25) is 9.59 Å². The Hall–Kier alpha value is -1.72. The van der Waals surface area contributed by atoms with Crippen molar-refractivity contribution in [1.82, 2.24) is 10.2 Å². The van der Waals surface area contributed by atoms with Gasteiger partial charge in [-0.1, -0.05) is 30.3 Å². The van der Waals surface area contributed by atoms with Crippen LogP contribution in [0.1, 0.15) is 57.4 Å². The normalized spacial score (nSPS) is 31.7. The first-order valence-electron chi connectivity index (χ1n) is 11.7. The molecule has 3 aliphatic rings. The maximum atomic E-state index is 13.2. The smallest absolute Gasteiger partial charge is 0.217 e. The molecule has 1 amide bonds. The molecule has 30 heavy (non-hydrogen) atoms. The van der Waals surface area contributed by atoms with Crippen LogP contribution in [-0.4, -0.2) is 53.0 Å². The molecule has 1 saturated heterocycles. The molecule has 2 saturated carbocycles. The van der Waals surface area contributed by atoms with Gasteiger partial charge in [-0.25, -0.2) is 0 Å². The van der Waals surface area contributed by atoms with Gasteiger partial charge in [0.25, 0.3) is 0 Å². The molecular weight excluding hydrogens is 376 g/mol. The summed E-state index contributed by atoms with van der Waals surface area (Å²) in [5.74, 6) is 1.27. The number of amides is 1. The van der Waals surface area contributed by atoms with Crippen LogP contribution in [0, 0.1) is 17.8 Å². The minimum atomic E-state index is -0.623. The van der Waals surface area contributed by atoms with Gasteiger partial charge >= 0.3 is 0 Å². The van der Waals surface area contributed by atoms with Crippen molar-refractivity contribution in [1.29, 1.82) is 0 Å². The fourth-order valence-corrected chi connectivity index (χ4v) is 6.03. The predicted octanol–water partition coefficient (Wildman–Crippen LogP) is 2.96. The van der Waals surface area contributed by atoms with Crippen molar-refractivity contribution in [3.8, 4) is 0 Å². The minimum Gasteiger partial charge on any atom is -0.389 e. The number of hydrogen-bond donors (Lipinski definition) is 2. The SMILES string of the molecule is CC(=O)NC1CCC2C(=O)C(CN3CCC(O)(Cc4ccccc4)CC3)CCC2C1. The highest BCUT2D eigenvalue weighted by molar-refractivity contribution is 5.85. The van der Waals surface area contributed by atoms with Crippen LogP contribution in [0.25, 0.3) is 0 Å². The first-order valence-corrected chi connectivity index (χ1v) is 11.7. The molecule has 4 unspecified atom stereocenters. The Morgan fingerprint density at radius 3 is 2.57 bits per heavy atom. The third-order valence-corrected chi connectivity index (χ3v) is 7.68.